The zero-order chi connectivity index (χ0) is 28.0. The first-order valence-corrected chi connectivity index (χ1v) is 13.2. The number of ether oxygens (including phenoxy) is 5. The standard InChI is InChI=1S/C27H44NO9.BrH/c1-8-13-20(29)34-24-19(5)33-27(37-23(32)16-12-18-28(6,7)17-11-4)26(36-22(31)15-10-3)25(24)35-21(30)14-9-2;/h4,19,24-27H,8-10,12-18H2,1-3,5-7H3;1H/q+1;/p-1/t19-,24+,25+,26-,27-;/m0./s1. The van der Waals surface area contributed by atoms with Gasteiger partial charge in [-0.1, -0.05) is 20.8 Å². The molecule has 0 aromatic carbocycles. The van der Waals surface area contributed by atoms with E-state index in [9.17, 15) is 19.2 Å². The number of hydrogen-bond donors (Lipinski definition) is 0. The molecule has 1 saturated heterocycles. The molecule has 1 aliphatic rings. The first-order valence-electron chi connectivity index (χ1n) is 13.2. The van der Waals surface area contributed by atoms with Crippen LogP contribution in [0.15, 0.2) is 0 Å². The Balaban J connectivity index is 0.0000137. The Morgan fingerprint density at radius 1 is 0.763 bits per heavy atom. The van der Waals surface area contributed by atoms with Crippen molar-refractivity contribution in [1.82, 2.24) is 0 Å². The van der Waals surface area contributed by atoms with Gasteiger partial charge in [-0.25, -0.2) is 0 Å². The molecule has 0 aromatic heterocycles. The van der Waals surface area contributed by atoms with Gasteiger partial charge in [0.2, 0.25) is 12.4 Å². The van der Waals surface area contributed by atoms with E-state index in [0.717, 1.165) is 0 Å². The molecule has 0 N–H and O–H groups in total. The van der Waals surface area contributed by atoms with Gasteiger partial charge < -0.3 is 45.1 Å². The number of hydrogen-bond acceptors (Lipinski definition) is 9. The Bertz CT molecular complexity index is 811. The van der Waals surface area contributed by atoms with Crippen molar-refractivity contribution < 1.29 is 64.3 Å². The molecule has 38 heavy (non-hydrogen) atoms. The minimum absolute atomic E-state index is 0. The van der Waals surface area contributed by atoms with Gasteiger partial charge in [-0.3, -0.25) is 19.2 Å². The fraction of sp³-hybridized carbons (Fsp3) is 0.778. The summed E-state index contributed by atoms with van der Waals surface area (Å²) < 4.78 is 28.9. The minimum Gasteiger partial charge on any atom is -1.00 e. The lowest BCUT2D eigenvalue weighted by Gasteiger charge is -2.43. The molecule has 0 aromatic rings. The number of halogens is 1. The largest absolute Gasteiger partial charge is 1.00 e. The highest BCUT2D eigenvalue weighted by molar-refractivity contribution is 5.72. The van der Waals surface area contributed by atoms with E-state index in [0.29, 0.717) is 43.3 Å². The Kier molecular flexibility index (Phi) is 17.2. The molecular formula is C27H44BrNO9. The van der Waals surface area contributed by atoms with E-state index in [1.165, 1.54) is 0 Å². The lowest BCUT2D eigenvalue weighted by molar-refractivity contribution is -0.883. The van der Waals surface area contributed by atoms with Gasteiger partial charge in [0.05, 0.1) is 33.2 Å². The third-order valence-electron chi connectivity index (χ3n) is 5.80. The molecule has 0 saturated carbocycles. The summed E-state index contributed by atoms with van der Waals surface area (Å²) in [5.41, 5.74) is 0. The summed E-state index contributed by atoms with van der Waals surface area (Å²) in [5, 5.41) is 0. The van der Waals surface area contributed by atoms with Gasteiger partial charge >= 0.3 is 23.9 Å². The Labute approximate surface area is 237 Å². The van der Waals surface area contributed by atoms with Gasteiger partial charge in [-0.15, -0.1) is 6.42 Å². The van der Waals surface area contributed by atoms with Crippen molar-refractivity contribution >= 4 is 23.9 Å². The quantitative estimate of drug-likeness (QED) is 0.109. The molecule has 0 spiro atoms. The highest BCUT2D eigenvalue weighted by atomic mass is 79.9. The van der Waals surface area contributed by atoms with Crippen LogP contribution in [-0.2, 0) is 42.9 Å². The second-order valence-electron chi connectivity index (χ2n) is 9.94. The lowest BCUT2D eigenvalue weighted by atomic mass is 9.98. The molecule has 1 fully saturated rings. The summed E-state index contributed by atoms with van der Waals surface area (Å²) >= 11 is 0. The van der Waals surface area contributed by atoms with Crippen LogP contribution >= 0.6 is 0 Å². The van der Waals surface area contributed by atoms with Gasteiger partial charge in [0.1, 0.15) is 6.54 Å². The van der Waals surface area contributed by atoms with Crippen molar-refractivity contribution in [3.63, 3.8) is 0 Å². The van der Waals surface area contributed by atoms with Crippen LogP contribution in [0.1, 0.15) is 79.1 Å². The number of rotatable bonds is 15. The molecule has 5 atom stereocenters. The van der Waals surface area contributed by atoms with E-state index in [1.807, 2.05) is 34.9 Å². The molecule has 0 radical (unpaired) electrons. The molecule has 1 aliphatic heterocycles. The first-order chi connectivity index (χ1) is 17.5. The molecule has 0 aliphatic carbocycles. The summed E-state index contributed by atoms with van der Waals surface area (Å²) in [5.74, 6) is 0.435. The third-order valence-corrected chi connectivity index (χ3v) is 5.80. The molecule has 0 amide bonds. The molecule has 0 bridgehead atoms. The SMILES string of the molecule is C#CC[N+](C)(C)CCCC(=O)O[C@@H]1O[C@@H](C)[C@@H](OC(=O)CCC)[C@@H](OC(=O)CCC)[C@@H]1OC(=O)CCC.[Br-]. The Hall–Kier alpha value is -2.16. The van der Waals surface area contributed by atoms with Crippen LogP contribution in [0.5, 0.6) is 0 Å². The maximum Gasteiger partial charge on any atom is 0.308 e. The first kappa shape index (κ1) is 35.8. The van der Waals surface area contributed by atoms with Gasteiger partial charge in [-0.2, -0.15) is 0 Å². The molecular weight excluding hydrogens is 562 g/mol. The smallest absolute Gasteiger partial charge is 0.308 e. The lowest BCUT2D eigenvalue weighted by Crippen LogP contribution is -3.00. The van der Waals surface area contributed by atoms with Crippen molar-refractivity contribution in [3.8, 4) is 12.3 Å². The maximum absolute atomic E-state index is 12.7. The van der Waals surface area contributed by atoms with Crippen molar-refractivity contribution in [2.75, 3.05) is 27.2 Å². The van der Waals surface area contributed by atoms with E-state index >= 15 is 0 Å². The van der Waals surface area contributed by atoms with Crippen molar-refractivity contribution in [2.24, 2.45) is 0 Å². The molecule has 1 heterocycles. The van der Waals surface area contributed by atoms with Crippen LogP contribution in [0.4, 0.5) is 0 Å². The number of nitrogens with zero attached hydrogens (tertiary/aromatic N) is 1. The predicted molar refractivity (Wildman–Crippen MR) is 135 cm³/mol. The highest BCUT2D eigenvalue weighted by Gasteiger charge is 2.52. The predicted octanol–water partition coefficient (Wildman–Crippen LogP) is -0.0961. The zero-order valence-electron chi connectivity index (χ0n) is 23.5. The topological polar surface area (TPSA) is 114 Å². The summed E-state index contributed by atoms with van der Waals surface area (Å²) in [4.78, 5) is 50.0. The zero-order valence-corrected chi connectivity index (χ0v) is 25.1. The second kappa shape index (κ2) is 18.2. The molecule has 0 unspecified atom stereocenters. The van der Waals surface area contributed by atoms with Crippen molar-refractivity contribution in [2.45, 2.75) is 110 Å². The fourth-order valence-corrected chi connectivity index (χ4v) is 3.90. The maximum atomic E-state index is 12.7. The van der Waals surface area contributed by atoms with Crippen LogP contribution in [0.25, 0.3) is 0 Å². The average molecular weight is 607 g/mol. The van der Waals surface area contributed by atoms with Gasteiger partial charge in [0, 0.05) is 25.7 Å². The van der Waals surface area contributed by atoms with E-state index < -0.39 is 54.6 Å². The summed E-state index contributed by atoms with van der Waals surface area (Å²) in [7, 11) is 3.94. The van der Waals surface area contributed by atoms with Crippen LogP contribution in [-0.4, -0.2) is 86.3 Å². The van der Waals surface area contributed by atoms with E-state index in [2.05, 4.69) is 5.92 Å². The van der Waals surface area contributed by atoms with E-state index in [-0.39, 0.29) is 42.7 Å². The number of quaternary nitrogens is 1. The highest BCUT2D eigenvalue weighted by Crippen LogP contribution is 2.30. The Morgan fingerprint density at radius 3 is 1.68 bits per heavy atom. The van der Waals surface area contributed by atoms with Crippen LogP contribution in [0.2, 0.25) is 0 Å². The minimum atomic E-state index is -1.34. The summed E-state index contributed by atoms with van der Waals surface area (Å²) in [6.45, 7) is 8.26. The normalized spacial score (nSPS) is 22.8. The fourth-order valence-electron chi connectivity index (χ4n) is 3.90. The molecule has 10 nitrogen and oxygen atoms in total. The molecule has 11 heteroatoms. The Morgan fingerprint density at radius 2 is 1.21 bits per heavy atom. The van der Waals surface area contributed by atoms with Crippen LogP contribution in [0.3, 0.4) is 0 Å². The third kappa shape index (κ3) is 12.6. The molecule has 218 valence electrons. The van der Waals surface area contributed by atoms with Gasteiger partial charge in [-0.05, 0) is 32.1 Å². The van der Waals surface area contributed by atoms with E-state index in [4.69, 9.17) is 30.1 Å². The van der Waals surface area contributed by atoms with Crippen LogP contribution in [0, 0.1) is 12.3 Å². The van der Waals surface area contributed by atoms with Crippen molar-refractivity contribution in [1.29, 1.82) is 0 Å². The van der Waals surface area contributed by atoms with Gasteiger partial charge in [0.25, 0.3) is 0 Å². The monoisotopic (exact) mass is 605 g/mol. The number of carbonyl (C=O) groups is 4. The van der Waals surface area contributed by atoms with Gasteiger partial charge in [0.15, 0.2) is 12.2 Å². The second-order valence-corrected chi connectivity index (χ2v) is 9.94. The molecule has 1 rings (SSSR count). The number of carbonyl (C=O) groups excluding carboxylic acids is 4. The van der Waals surface area contributed by atoms with E-state index in [1.54, 1.807) is 6.92 Å². The van der Waals surface area contributed by atoms with Crippen LogP contribution < -0.4 is 17.0 Å². The average Bonchev–Trinajstić information content (AvgIpc) is 2.79. The number of esters is 4. The number of terminal acetylenes is 1. The summed E-state index contributed by atoms with van der Waals surface area (Å²) in [6.07, 6.45) is 2.32. The van der Waals surface area contributed by atoms with Crippen molar-refractivity contribution in [3.05, 3.63) is 0 Å². The summed E-state index contributed by atoms with van der Waals surface area (Å²) in [6, 6.07) is 0.